The Labute approximate surface area is 136 Å². The van der Waals surface area contributed by atoms with E-state index >= 15 is 0 Å². The third kappa shape index (κ3) is 4.88. The van der Waals surface area contributed by atoms with Crippen LogP contribution in [0, 0.1) is 0 Å². The summed E-state index contributed by atoms with van der Waals surface area (Å²) < 4.78 is 10.4. The fraction of sp³-hybridized carbons (Fsp3) is 0.211. The van der Waals surface area contributed by atoms with E-state index < -0.39 is 0 Å². The van der Waals surface area contributed by atoms with Gasteiger partial charge in [0.2, 0.25) is 5.91 Å². The number of carbonyl (C=O) groups excluding carboxylic acids is 1. The highest BCUT2D eigenvalue weighted by Gasteiger charge is 2.06. The van der Waals surface area contributed by atoms with Crippen molar-refractivity contribution >= 4 is 12.0 Å². The van der Waals surface area contributed by atoms with Gasteiger partial charge in [-0.3, -0.25) is 4.79 Å². The fourth-order valence-corrected chi connectivity index (χ4v) is 2.18. The molecule has 0 radical (unpaired) electrons. The van der Waals surface area contributed by atoms with Crippen LogP contribution in [0.1, 0.15) is 24.1 Å². The number of hydrogen-bond acceptors (Lipinski definition) is 3. The quantitative estimate of drug-likeness (QED) is 0.829. The van der Waals surface area contributed by atoms with Gasteiger partial charge in [-0.25, -0.2) is 0 Å². The summed E-state index contributed by atoms with van der Waals surface area (Å²) in [6, 6.07) is 15.3. The lowest BCUT2D eigenvalue weighted by Gasteiger charge is -2.12. The summed E-state index contributed by atoms with van der Waals surface area (Å²) in [5.74, 6) is 1.22. The second kappa shape index (κ2) is 8.03. The summed E-state index contributed by atoms with van der Waals surface area (Å²) in [5, 5.41) is 2.94. The van der Waals surface area contributed by atoms with Crippen LogP contribution in [-0.4, -0.2) is 20.1 Å². The van der Waals surface area contributed by atoms with Crippen LogP contribution in [0.4, 0.5) is 0 Å². The summed E-state index contributed by atoms with van der Waals surface area (Å²) in [5.41, 5.74) is 1.90. The molecule has 2 rings (SSSR count). The van der Waals surface area contributed by atoms with Crippen LogP contribution in [0.15, 0.2) is 54.6 Å². The first-order chi connectivity index (χ1) is 11.1. The summed E-state index contributed by atoms with van der Waals surface area (Å²) in [4.78, 5) is 12.0. The van der Waals surface area contributed by atoms with Gasteiger partial charge in [0.15, 0.2) is 0 Å². The third-order valence-electron chi connectivity index (χ3n) is 3.46. The number of hydrogen-bond donors (Lipinski definition) is 1. The first-order valence-corrected chi connectivity index (χ1v) is 7.39. The van der Waals surface area contributed by atoms with Crippen molar-refractivity contribution in [1.29, 1.82) is 0 Å². The average molecular weight is 311 g/mol. The van der Waals surface area contributed by atoms with Crippen LogP contribution in [0.3, 0.4) is 0 Å². The molecule has 2 aromatic carbocycles. The van der Waals surface area contributed by atoms with Gasteiger partial charge in [-0.05, 0) is 36.3 Å². The van der Waals surface area contributed by atoms with E-state index in [1.807, 2.05) is 49.4 Å². The molecule has 2 aromatic rings. The summed E-state index contributed by atoms with van der Waals surface area (Å²) in [7, 11) is 3.19. The fourth-order valence-electron chi connectivity index (χ4n) is 2.18. The molecular weight excluding hydrogens is 290 g/mol. The van der Waals surface area contributed by atoms with E-state index in [0.717, 1.165) is 11.1 Å². The molecule has 0 fully saturated rings. The molecule has 1 atom stereocenters. The Kier molecular flexibility index (Phi) is 5.80. The summed E-state index contributed by atoms with van der Waals surface area (Å²) in [6.45, 7) is 1.95. The van der Waals surface area contributed by atoms with Gasteiger partial charge >= 0.3 is 0 Å². The molecule has 120 valence electrons. The van der Waals surface area contributed by atoms with Crippen molar-refractivity contribution in [3.8, 4) is 11.5 Å². The van der Waals surface area contributed by atoms with E-state index in [0.29, 0.717) is 11.5 Å². The predicted molar refractivity (Wildman–Crippen MR) is 91.6 cm³/mol. The molecule has 1 amide bonds. The Hall–Kier alpha value is -2.75. The van der Waals surface area contributed by atoms with Crippen molar-refractivity contribution < 1.29 is 14.3 Å². The zero-order chi connectivity index (χ0) is 16.7. The molecule has 0 saturated carbocycles. The van der Waals surface area contributed by atoms with Crippen molar-refractivity contribution in [1.82, 2.24) is 5.32 Å². The molecule has 4 nitrogen and oxygen atoms in total. The summed E-state index contributed by atoms with van der Waals surface area (Å²) in [6.07, 6.45) is 3.24. The average Bonchev–Trinajstić information content (AvgIpc) is 2.60. The van der Waals surface area contributed by atoms with Crippen LogP contribution < -0.4 is 14.8 Å². The highest BCUT2D eigenvalue weighted by Crippen LogP contribution is 2.23. The van der Waals surface area contributed by atoms with Crippen molar-refractivity contribution in [2.24, 2.45) is 0 Å². The Bertz CT molecular complexity index is 658. The lowest BCUT2D eigenvalue weighted by molar-refractivity contribution is -0.117. The number of amides is 1. The molecule has 1 N–H and O–H groups in total. The highest BCUT2D eigenvalue weighted by atomic mass is 16.5. The second-order valence-electron chi connectivity index (χ2n) is 5.12. The molecule has 0 aliphatic rings. The molecule has 0 heterocycles. The largest absolute Gasteiger partial charge is 0.497 e. The third-order valence-corrected chi connectivity index (χ3v) is 3.46. The molecule has 0 spiro atoms. The van der Waals surface area contributed by atoms with E-state index in [1.165, 1.54) is 6.08 Å². The monoisotopic (exact) mass is 311 g/mol. The molecular formula is C19H21NO3. The summed E-state index contributed by atoms with van der Waals surface area (Å²) >= 11 is 0. The maximum Gasteiger partial charge on any atom is 0.244 e. The molecule has 0 aliphatic carbocycles. The standard InChI is InChI=1S/C19H21NO3/c1-14(16-7-5-4-6-8-16)20-19(21)10-9-15-11-17(22-2)13-18(12-15)23-3/h4-14H,1-3H3,(H,20,21)/b10-9+. The number of benzene rings is 2. The normalized spacial score (nSPS) is 12.0. The zero-order valence-electron chi connectivity index (χ0n) is 13.6. The molecule has 0 aliphatic heterocycles. The Morgan fingerprint density at radius 3 is 2.22 bits per heavy atom. The Balaban J connectivity index is 2.03. The lowest BCUT2D eigenvalue weighted by Crippen LogP contribution is -2.24. The van der Waals surface area contributed by atoms with Gasteiger partial charge < -0.3 is 14.8 Å². The topological polar surface area (TPSA) is 47.6 Å². The minimum absolute atomic E-state index is 0.0480. The molecule has 4 heteroatoms. The minimum Gasteiger partial charge on any atom is -0.497 e. The van der Waals surface area contributed by atoms with Crippen LogP contribution in [0.25, 0.3) is 6.08 Å². The van der Waals surface area contributed by atoms with Gasteiger partial charge in [-0.2, -0.15) is 0 Å². The van der Waals surface area contributed by atoms with E-state index in [1.54, 1.807) is 26.4 Å². The lowest BCUT2D eigenvalue weighted by atomic mass is 10.1. The van der Waals surface area contributed by atoms with Crippen molar-refractivity contribution in [3.63, 3.8) is 0 Å². The molecule has 0 aromatic heterocycles. The maximum atomic E-state index is 12.0. The number of rotatable bonds is 6. The van der Waals surface area contributed by atoms with Crippen LogP contribution >= 0.6 is 0 Å². The Morgan fingerprint density at radius 2 is 1.65 bits per heavy atom. The molecule has 0 bridgehead atoms. The van der Waals surface area contributed by atoms with Crippen LogP contribution in [0.5, 0.6) is 11.5 Å². The maximum absolute atomic E-state index is 12.0. The van der Waals surface area contributed by atoms with E-state index in [-0.39, 0.29) is 11.9 Å². The minimum atomic E-state index is -0.150. The number of ether oxygens (including phenoxy) is 2. The first kappa shape index (κ1) is 16.6. The highest BCUT2D eigenvalue weighted by molar-refractivity contribution is 5.92. The zero-order valence-corrected chi connectivity index (χ0v) is 13.6. The van der Waals surface area contributed by atoms with Gasteiger partial charge in [-0.1, -0.05) is 30.3 Å². The van der Waals surface area contributed by atoms with Gasteiger partial charge in [0.1, 0.15) is 11.5 Å². The first-order valence-electron chi connectivity index (χ1n) is 7.39. The van der Waals surface area contributed by atoms with Gasteiger partial charge in [0, 0.05) is 12.1 Å². The van der Waals surface area contributed by atoms with Crippen molar-refractivity contribution in [2.45, 2.75) is 13.0 Å². The second-order valence-corrected chi connectivity index (χ2v) is 5.12. The van der Waals surface area contributed by atoms with E-state index in [9.17, 15) is 4.79 Å². The molecule has 0 saturated heterocycles. The smallest absolute Gasteiger partial charge is 0.244 e. The van der Waals surface area contributed by atoms with E-state index in [2.05, 4.69) is 5.32 Å². The van der Waals surface area contributed by atoms with Gasteiger partial charge in [0.05, 0.1) is 20.3 Å². The van der Waals surface area contributed by atoms with Crippen molar-refractivity contribution in [3.05, 3.63) is 65.7 Å². The predicted octanol–water partition coefficient (Wildman–Crippen LogP) is 3.59. The van der Waals surface area contributed by atoms with Crippen molar-refractivity contribution in [2.75, 3.05) is 14.2 Å². The Morgan fingerprint density at radius 1 is 1.04 bits per heavy atom. The SMILES string of the molecule is COc1cc(/C=C/C(=O)NC(C)c2ccccc2)cc(OC)c1. The van der Waals surface area contributed by atoms with E-state index in [4.69, 9.17) is 9.47 Å². The van der Waals surface area contributed by atoms with Crippen LogP contribution in [-0.2, 0) is 4.79 Å². The van der Waals surface area contributed by atoms with Crippen LogP contribution in [0.2, 0.25) is 0 Å². The van der Waals surface area contributed by atoms with Gasteiger partial charge in [0.25, 0.3) is 0 Å². The van der Waals surface area contributed by atoms with Gasteiger partial charge in [-0.15, -0.1) is 0 Å². The number of methoxy groups -OCH3 is 2. The molecule has 1 unspecified atom stereocenters. The molecule has 23 heavy (non-hydrogen) atoms. The number of carbonyl (C=O) groups is 1. The number of nitrogens with one attached hydrogen (secondary N) is 1.